The minimum absolute atomic E-state index is 0.915. The number of nitrogens with zero attached hydrogens (tertiary/aromatic N) is 2. The number of pyridine rings is 1. The van der Waals surface area contributed by atoms with Crippen LogP contribution in [0.25, 0.3) is 11.4 Å². The Morgan fingerprint density at radius 3 is 2.93 bits per heavy atom. The van der Waals surface area contributed by atoms with E-state index < -0.39 is 0 Å². The second-order valence-corrected chi connectivity index (χ2v) is 4.56. The van der Waals surface area contributed by atoms with Crippen molar-refractivity contribution in [2.24, 2.45) is 0 Å². The molecule has 0 bridgehead atoms. The molecular weight excluding hydrogens is 224 g/mol. The molecule has 2 aromatic heterocycles. The summed E-state index contributed by atoms with van der Waals surface area (Å²) in [5.74, 6) is 0.915. The monoisotopic (exact) mass is 236 g/mol. The number of hydrogen-bond donors (Lipinski definition) is 1. The van der Waals surface area contributed by atoms with E-state index in [4.69, 9.17) is 0 Å². The molecule has 0 saturated carbocycles. The molecular formula is C11H12N2S2. The Kier molecular flexibility index (Phi) is 3.75. The summed E-state index contributed by atoms with van der Waals surface area (Å²) in [5.41, 5.74) is 1.93. The first-order valence-corrected chi connectivity index (χ1v) is 6.38. The van der Waals surface area contributed by atoms with Gasteiger partial charge in [-0.25, -0.2) is 4.98 Å². The minimum Gasteiger partial charge on any atom is -0.255 e. The fourth-order valence-electron chi connectivity index (χ4n) is 1.29. The summed E-state index contributed by atoms with van der Waals surface area (Å²) in [6, 6.07) is 5.88. The summed E-state index contributed by atoms with van der Waals surface area (Å²) in [6.07, 6.45) is 3.89. The van der Waals surface area contributed by atoms with Crippen molar-refractivity contribution in [3.05, 3.63) is 34.8 Å². The van der Waals surface area contributed by atoms with E-state index >= 15 is 0 Å². The lowest BCUT2D eigenvalue weighted by molar-refractivity contribution is 0.922. The van der Waals surface area contributed by atoms with Gasteiger partial charge in [0.25, 0.3) is 0 Å². The largest absolute Gasteiger partial charge is 0.255 e. The SMILES string of the molecule is SCCCc1nc(-c2ccccn2)cs1. The molecule has 0 aliphatic rings. The van der Waals surface area contributed by atoms with Crippen molar-refractivity contribution < 1.29 is 0 Å². The maximum Gasteiger partial charge on any atom is 0.0998 e. The lowest BCUT2D eigenvalue weighted by Crippen LogP contribution is -1.86. The highest BCUT2D eigenvalue weighted by Gasteiger charge is 2.04. The molecule has 0 unspecified atom stereocenters. The van der Waals surface area contributed by atoms with Gasteiger partial charge in [0.05, 0.1) is 16.4 Å². The number of hydrogen-bond acceptors (Lipinski definition) is 4. The minimum atomic E-state index is 0.915. The molecule has 2 heterocycles. The molecule has 15 heavy (non-hydrogen) atoms. The van der Waals surface area contributed by atoms with Gasteiger partial charge in [-0.15, -0.1) is 11.3 Å². The van der Waals surface area contributed by atoms with Crippen molar-refractivity contribution in [2.75, 3.05) is 5.75 Å². The van der Waals surface area contributed by atoms with Crippen molar-refractivity contribution in [3.63, 3.8) is 0 Å². The molecule has 0 spiro atoms. The van der Waals surface area contributed by atoms with Gasteiger partial charge in [-0.1, -0.05) is 6.07 Å². The van der Waals surface area contributed by atoms with Gasteiger partial charge in [-0.3, -0.25) is 4.98 Å². The first kappa shape index (κ1) is 10.6. The van der Waals surface area contributed by atoms with Crippen molar-refractivity contribution in [3.8, 4) is 11.4 Å². The van der Waals surface area contributed by atoms with E-state index in [1.165, 1.54) is 5.01 Å². The predicted octanol–water partition coefficient (Wildman–Crippen LogP) is 3.07. The second-order valence-electron chi connectivity index (χ2n) is 3.17. The van der Waals surface area contributed by atoms with Crippen LogP contribution < -0.4 is 0 Å². The van der Waals surface area contributed by atoms with Gasteiger partial charge >= 0.3 is 0 Å². The van der Waals surface area contributed by atoms with E-state index in [1.807, 2.05) is 18.2 Å². The molecule has 0 amide bonds. The fourth-order valence-corrected chi connectivity index (χ4v) is 2.28. The van der Waals surface area contributed by atoms with Crippen LogP contribution in [0.3, 0.4) is 0 Å². The van der Waals surface area contributed by atoms with E-state index in [0.717, 1.165) is 30.0 Å². The zero-order chi connectivity index (χ0) is 10.5. The highest BCUT2D eigenvalue weighted by molar-refractivity contribution is 7.80. The van der Waals surface area contributed by atoms with Gasteiger partial charge in [0, 0.05) is 18.0 Å². The van der Waals surface area contributed by atoms with Crippen LogP contribution in [-0.2, 0) is 6.42 Å². The van der Waals surface area contributed by atoms with Crippen LogP contribution in [0.15, 0.2) is 29.8 Å². The number of aromatic nitrogens is 2. The quantitative estimate of drug-likeness (QED) is 0.826. The average molecular weight is 236 g/mol. The summed E-state index contributed by atoms with van der Waals surface area (Å²) in [6.45, 7) is 0. The highest BCUT2D eigenvalue weighted by Crippen LogP contribution is 2.20. The molecule has 0 atom stereocenters. The molecule has 0 aliphatic carbocycles. The zero-order valence-corrected chi connectivity index (χ0v) is 9.97. The van der Waals surface area contributed by atoms with Crippen LogP contribution in [-0.4, -0.2) is 15.7 Å². The Labute approximate surface area is 98.8 Å². The molecule has 0 aliphatic heterocycles. The first-order valence-electron chi connectivity index (χ1n) is 4.87. The topological polar surface area (TPSA) is 25.8 Å². The van der Waals surface area contributed by atoms with E-state index in [9.17, 15) is 0 Å². The highest BCUT2D eigenvalue weighted by atomic mass is 32.1. The molecule has 78 valence electrons. The van der Waals surface area contributed by atoms with Gasteiger partial charge in [-0.2, -0.15) is 12.6 Å². The Bertz CT molecular complexity index is 412. The summed E-state index contributed by atoms with van der Waals surface area (Å²) in [5, 5.41) is 3.24. The van der Waals surface area contributed by atoms with Crippen LogP contribution in [0.4, 0.5) is 0 Å². The maximum absolute atomic E-state index is 4.54. The normalized spacial score (nSPS) is 10.5. The maximum atomic E-state index is 4.54. The van der Waals surface area contributed by atoms with Crippen molar-refractivity contribution in [2.45, 2.75) is 12.8 Å². The van der Waals surface area contributed by atoms with E-state index in [-0.39, 0.29) is 0 Å². The predicted molar refractivity (Wildman–Crippen MR) is 67.5 cm³/mol. The van der Waals surface area contributed by atoms with Gasteiger partial charge < -0.3 is 0 Å². The molecule has 4 heteroatoms. The third kappa shape index (κ3) is 2.79. The smallest absolute Gasteiger partial charge is 0.0998 e. The van der Waals surface area contributed by atoms with Crippen LogP contribution in [0.5, 0.6) is 0 Å². The van der Waals surface area contributed by atoms with Crippen molar-refractivity contribution in [1.29, 1.82) is 0 Å². The first-order chi connectivity index (χ1) is 7.40. The Morgan fingerprint density at radius 1 is 1.27 bits per heavy atom. The van der Waals surface area contributed by atoms with Crippen molar-refractivity contribution >= 4 is 24.0 Å². The molecule has 0 radical (unpaired) electrons. The molecule has 0 aromatic carbocycles. The van der Waals surface area contributed by atoms with Crippen LogP contribution in [0.2, 0.25) is 0 Å². The van der Waals surface area contributed by atoms with Gasteiger partial charge in [0.1, 0.15) is 0 Å². The molecule has 2 rings (SSSR count). The standard InChI is InChI=1S/C11H12N2S2/c14-7-3-5-11-13-10(8-15-11)9-4-1-2-6-12-9/h1-2,4,6,8,14H,3,5,7H2. The van der Waals surface area contributed by atoms with E-state index in [0.29, 0.717) is 0 Å². The van der Waals surface area contributed by atoms with Gasteiger partial charge in [0.15, 0.2) is 0 Å². The Hall–Kier alpha value is -0.870. The van der Waals surface area contributed by atoms with Crippen LogP contribution in [0, 0.1) is 0 Å². The lowest BCUT2D eigenvalue weighted by atomic mass is 10.3. The Balaban J connectivity index is 2.14. The fraction of sp³-hybridized carbons (Fsp3) is 0.273. The zero-order valence-electron chi connectivity index (χ0n) is 8.26. The van der Waals surface area contributed by atoms with Crippen molar-refractivity contribution in [1.82, 2.24) is 9.97 Å². The van der Waals surface area contributed by atoms with Crippen LogP contribution >= 0.6 is 24.0 Å². The summed E-state index contributed by atoms with van der Waals surface area (Å²) >= 11 is 5.89. The third-order valence-electron chi connectivity index (χ3n) is 2.03. The lowest BCUT2D eigenvalue weighted by Gasteiger charge is -1.93. The second kappa shape index (κ2) is 5.28. The van der Waals surface area contributed by atoms with E-state index in [2.05, 4.69) is 28.0 Å². The number of thiazole rings is 1. The summed E-state index contributed by atoms with van der Waals surface area (Å²) < 4.78 is 0. The van der Waals surface area contributed by atoms with E-state index in [1.54, 1.807) is 17.5 Å². The van der Waals surface area contributed by atoms with Crippen LogP contribution in [0.1, 0.15) is 11.4 Å². The summed E-state index contributed by atoms with van der Waals surface area (Å²) in [7, 11) is 0. The Morgan fingerprint density at radius 2 is 2.20 bits per heavy atom. The molecule has 0 N–H and O–H groups in total. The number of rotatable bonds is 4. The number of thiol groups is 1. The molecule has 2 nitrogen and oxygen atoms in total. The van der Waals surface area contributed by atoms with Gasteiger partial charge in [-0.05, 0) is 24.3 Å². The van der Waals surface area contributed by atoms with Gasteiger partial charge in [0.2, 0.25) is 0 Å². The third-order valence-corrected chi connectivity index (χ3v) is 3.25. The molecule has 2 aromatic rings. The molecule has 0 saturated heterocycles. The molecule has 0 fully saturated rings. The summed E-state index contributed by atoms with van der Waals surface area (Å²) in [4.78, 5) is 8.81. The average Bonchev–Trinajstić information content (AvgIpc) is 2.76. The number of aryl methyl sites for hydroxylation is 1.